The van der Waals surface area contributed by atoms with Gasteiger partial charge in [0, 0.05) is 11.6 Å². The Balaban J connectivity index is 2.60. The van der Waals surface area contributed by atoms with Crippen molar-refractivity contribution in [2.24, 2.45) is 0 Å². The number of hydrogen-bond acceptors (Lipinski definition) is 3. The molecular weight excluding hydrogens is 190 g/mol. The van der Waals surface area contributed by atoms with E-state index in [9.17, 15) is 4.79 Å². The Hall–Kier alpha value is -2.41. The fourth-order valence-electron chi connectivity index (χ4n) is 1.30. The van der Waals surface area contributed by atoms with E-state index >= 15 is 0 Å². The Morgan fingerprint density at radius 3 is 2.67 bits per heavy atom. The summed E-state index contributed by atoms with van der Waals surface area (Å²) in [5.74, 6) is 0. The lowest BCUT2D eigenvalue weighted by Gasteiger charge is -2.00. The summed E-state index contributed by atoms with van der Waals surface area (Å²) in [5.41, 5.74) is 1.59. The molecule has 1 N–H and O–H groups in total. The van der Waals surface area contributed by atoms with Gasteiger partial charge in [0.15, 0.2) is 0 Å². The largest absolute Gasteiger partial charge is 0.268 e. The minimum atomic E-state index is -0.256. The molecule has 0 aliphatic rings. The second-order valence-corrected chi connectivity index (χ2v) is 2.96. The van der Waals surface area contributed by atoms with E-state index in [1.807, 2.05) is 6.07 Å². The van der Waals surface area contributed by atoms with E-state index in [4.69, 9.17) is 5.26 Å². The number of aromatic amines is 1. The highest BCUT2D eigenvalue weighted by molar-refractivity contribution is 5.66. The van der Waals surface area contributed by atoms with Crippen LogP contribution >= 0.6 is 0 Å². The van der Waals surface area contributed by atoms with Gasteiger partial charge in [-0.1, -0.05) is 18.2 Å². The zero-order chi connectivity index (χ0) is 10.7. The van der Waals surface area contributed by atoms with Crippen molar-refractivity contribution in [3.8, 4) is 17.3 Å². The van der Waals surface area contributed by atoms with Crippen molar-refractivity contribution in [2.75, 3.05) is 0 Å². The first-order chi connectivity index (χ1) is 7.31. The molecule has 0 aliphatic carbocycles. The van der Waals surface area contributed by atoms with Gasteiger partial charge >= 0.3 is 0 Å². The molecule has 72 valence electrons. The summed E-state index contributed by atoms with van der Waals surface area (Å²) in [6, 6.07) is 12.2. The van der Waals surface area contributed by atoms with Crippen LogP contribution in [0.1, 0.15) is 5.56 Å². The van der Waals surface area contributed by atoms with E-state index in [0.29, 0.717) is 11.3 Å². The molecule has 4 nitrogen and oxygen atoms in total. The van der Waals surface area contributed by atoms with Gasteiger partial charge in [0.1, 0.15) is 0 Å². The smallest absolute Gasteiger partial charge is 0.264 e. The normalized spacial score (nSPS) is 9.53. The SMILES string of the molecule is N#Cc1ccccc1-c1ccc(=O)[nH]n1. The molecule has 0 unspecified atom stereocenters. The fraction of sp³-hybridized carbons (Fsp3) is 0. The lowest BCUT2D eigenvalue weighted by Crippen LogP contribution is -2.05. The average molecular weight is 197 g/mol. The number of aromatic nitrogens is 2. The molecule has 0 fully saturated rings. The van der Waals surface area contributed by atoms with Gasteiger partial charge in [-0.05, 0) is 12.1 Å². The van der Waals surface area contributed by atoms with Crippen LogP contribution in [0.4, 0.5) is 0 Å². The number of nitrogens with one attached hydrogen (secondary N) is 1. The zero-order valence-electron chi connectivity index (χ0n) is 7.77. The summed E-state index contributed by atoms with van der Waals surface area (Å²) in [6.45, 7) is 0. The molecule has 2 aromatic rings. The summed E-state index contributed by atoms with van der Waals surface area (Å²) in [7, 11) is 0. The molecule has 4 heteroatoms. The molecule has 1 aromatic heterocycles. The molecule has 0 saturated heterocycles. The van der Waals surface area contributed by atoms with Gasteiger partial charge in [0.25, 0.3) is 5.56 Å². The van der Waals surface area contributed by atoms with Gasteiger partial charge in [-0.15, -0.1) is 0 Å². The van der Waals surface area contributed by atoms with Crippen molar-refractivity contribution in [3.63, 3.8) is 0 Å². The number of H-pyrrole nitrogens is 1. The van der Waals surface area contributed by atoms with Crippen LogP contribution in [0.2, 0.25) is 0 Å². The van der Waals surface area contributed by atoms with Gasteiger partial charge in [-0.25, -0.2) is 5.10 Å². The quantitative estimate of drug-likeness (QED) is 0.749. The van der Waals surface area contributed by atoms with Crippen LogP contribution in [-0.2, 0) is 0 Å². The minimum Gasteiger partial charge on any atom is -0.268 e. The van der Waals surface area contributed by atoms with E-state index in [1.54, 1.807) is 24.3 Å². The third-order valence-electron chi connectivity index (χ3n) is 2.00. The molecule has 1 heterocycles. The first-order valence-corrected chi connectivity index (χ1v) is 4.36. The predicted octanol–water partition coefficient (Wildman–Crippen LogP) is 1.31. The highest BCUT2D eigenvalue weighted by atomic mass is 16.1. The molecule has 15 heavy (non-hydrogen) atoms. The third-order valence-corrected chi connectivity index (χ3v) is 2.00. The van der Waals surface area contributed by atoms with Crippen molar-refractivity contribution in [1.82, 2.24) is 10.2 Å². The highest BCUT2D eigenvalue weighted by Gasteiger charge is 2.04. The van der Waals surface area contributed by atoms with E-state index in [2.05, 4.69) is 16.3 Å². The van der Waals surface area contributed by atoms with Crippen LogP contribution in [0.3, 0.4) is 0 Å². The molecule has 2 rings (SSSR count). The molecule has 0 spiro atoms. The first-order valence-electron chi connectivity index (χ1n) is 4.36. The molecule has 0 radical (unpaired) electrons. The second-order valence-electron chi connectivity index (χ2n) is 2.96. The van der Waals surface area contributed by atoms with Gasteiger partial charge < -0.3 is 0 Å². The summed E-state index contributed by atoms with van der Waals surface area (Å²) < 4.78 is 0. The Bertz CT molecular complexity index is 560. The molecule has 0 amide bonds. The monoisotopic (exact) mass is 197 g/mol. The Morgan fingerprint density at radius 1 is 1.20 bits per heavy atom. The molecule has 0 saturated carbocycles. The molecule has 1 aromatic carbocycles. The minimum absolute atomic E-state index is 0.256. The fourth-order valence-corrected chi connectivity index (χ4v) is 1.30. The third kappa shape index (κ3) is 1.76. The maximum absolute atomic E-state index is 10.8. The summed E-state index contributed by atoms with van der Waals surface area (Å²) >= 11 is 0. The standard InChI is InChI=1S/C11H7N3O/c12-7-8-3-1-2-4-9(8)10-5-6-11(15)14-13-10/h1-6H,(H,14,15). The van der Waals surface area contributed by atoms with Crippen LogP contribution in [0, 0.1) is 11.3 Å². The molecule has 0 aliphatic heterocycles. The van der Waals surface area contributed by atoms with Gasteiger partial charge in [0.2, 0.25) is 0 Å². The summed E-state index contributed by atoms with van der Waals surface area (Å²) in [6.07, 6.45) is 0. The highest BCUT2D eigenvalue weighted by Crippen LogP contribution is 2.19. The summed E-state index contributed by atoms with van der Waals surface area (Å²) in [4.78, 5) is 10.8. The molecule has 0 atom stereocenters. The maximum Gasteiger partial charge on any atom is 0.264 e. The number of nitrogens with zero attached hydrogens (tertiary/aromatic N) is 2. The lowest BCUT2D eigenvalue weighted by molar-refractivity contribution is 0.995. The zero-order valence-corrected chi connectivity index (χ0v) is 7.77. The van der Waals surface area contributed by atoms with Gasteiger partial charge in [-0.3, -0.25) is 4.79 Å². The number of hydrogen-bond donors (Lipinski definition) is 1. The Labute approximate surface area is 85.8 Å². The summed E-state index contributed by atoms with van der Waals surface area (Å²) in [5, 5.41) is 15.1. The maximum atomic E-state index is 10.8. The van der Waals surface area contributed by atoms with Crippen LogP contribution in [-0.4, -0.2) is 10.2 Å². The topological polar surface area (TPSA) is 69.5 Å². The van der Waals surface area contributed by atoms with Crippen molar-refractivity contribution < 1.29 is 0 Å². The van der Waals surface area contributed by atoms with E-state index < -0.39 is 0 Å². The number of benzene rings is 1. The molecule has 0 bridgehead atoms. The van der Waals surface area contributed by atoms with Crippen LogP contribution < -0.4 is 5.56 Å². The number of nitriles is 1. The van der Waals surface area contributed by atoms with E-state index in [0.717, 1.165) is 5.56 Å². The Morgan fingerprint density at radius 2 is 2.00 bits per heavy atom. The predicted molar refractivity (Wildman–Crippen MR) is 55.0 cm³/mol. The molecular formula is C11H7N3O. The van der Waals surface area contributed by atoms with Crippen LogP contribution in [0.25, 0.3) is 11.3 Å². The Kier molecular flexibility index (Phi) is 2.30. The lowest BCUT2D eigenvalue weighted by atomic mass is 10.1. The van der Waals surface area contributed by atoms with Crippen LogP contribution in [0.5, 0.6) is 0 Å². The van der Waals surface area contributed by atoms with Crippen molar-refractivity contribution in [1.29, 1.82) is 5.26 Å². The second kappa shape index (κ2) is 3.76. The average Bonchev–Trinajstić information content (AvgIpc) is 2.30. The van der Waals surface area contributed by atoms with Crippen LogP contribution in [0.15, 0.2) is 41.2 Å². The number of rotatable bonds is 1. The van der Waals surface area contributed by atoms with Crippen molar-refractivity contribution >= 4 is 0 Å². The van der Waals surface area contributed by atoms with Crippen molar-refractivity contribution in [2.45, 2.75) is 0 Å². The van der Waals surface area contributed by atoms with Crippen molar-refractivity contribution in [3.05, 3.63) is 52.3 Å². The van der Waals surface area contributed by atoms with Gasteiger partial charge in [-0.2, -0.15) is 10.4 Å². The van der Waals surface area contributed by atoms with E-state index in [1.165, 1.54) is 6.07 Å². The first kappa shape index (κ1) is 9.16. The van der Waals surface area contributed by atoms with E-state index in [-0.39, 0.29) is 5.56 Å². The van der Waals surface area contributed by atoms with Gasteiger partial charge in [0.05, 0.1) is 17.3 Å².